The van der Waals surface area contributed by atoms with Gasteiger partial charge in [-0.25, -0.2) is 21.2 Å². The van der Waals surface area contributed by atoms with E-state index in [1.807, 2.05) is 0 Å². The Kier molecular flexibility index (Phi) is 5.85. The van der Waals surface area contributed by atoms with E-state index in [1.54, 1.807) is 7.05 Å². The highest BCUT2D eigenvalue weighted by atomic mass is 32.2. The van der Waals surface area contributed by atoms with Gasteiger partial charge >= 0.3 is 0 Å². The Balaban J connectivity index is 3.04. The molecule has 1 aromatic rings. The minimum Gasteiger partial charge on any atom is -0.316 e. The molecule has 0 radical (unpaired) electrons. The van der Waals surface area contributed by atoms with Crippen molar-refractivity contribution in [3.63, 3.8) is 0 Å². The summed E-state index contributed by atoms with van der Waals surface area (Å²) in [7, 11) is -4.19. The summed E-state index contributed by atoms with van der Waals surface area (Å²) in [6.07, 6.45) is 1.04. The van der Waals surface area contributed by atoms with Crippen LogP contribution in [0.2, 0.25) is 0 Å². The Morgan fingerprint density at radius 1 is 1.24 bits per heavy atom. The van der Waals surface area contributed by atoms with Crippen LogP contribution < -0.4 is 5.32 Å². The Morgan fingerprint density at radius 2 is 1.86 bits per heavy atom. The lowest BCUT2D eigenvalue weighted by atomic mass is 10.2. The number of hydrogen-bond acceptors (Lipinski definition) is 5. The van der Waals surface area contributed by atoms with Crippen LogP contribution in [0.3, 0.4) is 0 Å². The predicted molar refractivity (Wildman–Crippen MR) is 78.7 cm³/mol. The molecular formula is C12H19FN2O4S2. The van der Waals surface area contributed by atoms with Crippen molar-refractivity contribution in [1.82, 2.24) is 9.62 Å². The Hall–Kier alpha value is -1.03. The predicted octanol–water partition coefficient (Wildman–Crippen LogP) is 0.210. The fraction of sp³-hybridized carbons (Fsp3) is 0.500. The maximum absolute atomic E-state index is 13.5. The van der Waals surface area contributed by atoms with Crippen LogP contribution in [0.25, 0.3) is 0 Å². The number of benzene rings is 1. The van der Waals surface area contributed by atoms with Crippen molar-refractivity contribution in [3.05, 3.63) is 29.6 Å². The number of halogens is 1. The molecule has 0 aliphatic heterocycles. The van der Waals surface area contributed by atoms with Gasteiger partial charge in [-0.3, -0.25) is 0 Å². The molecular weight excluding hydrogens is 319 g/mol. The molecule has 0 aliphatic carbocycles. The first kappa shape index (κ1) is 18.0. The molecule has 1 rings (SSSR count). The summed E-state index contributed by atoms with van der Waals surface area (Å²) in [6, 6.07) is 3.50. The maximum atomic E-state index is 13.5. The molecule has 0 spiro atoms. The summed E-state index contributed by atoms with van der Waals surface area (Å²) in [5.41, 5.74) is 0.232. The summed E-state index contributed by atoms with van der Waals surface area (Å²) < 4.78 is 61.3. The SMILES string of the molecule is CNCc1cc(S(=O)(=O)N(C)CCS(C)(=O)=O)ccc1F. The van der Waals surface area contributed by atoms with E-state index in [0.29, 0.717) is 0 Å². The van der Waals surface area contributed by atoms with Crippen LogP contribution in [0.4, 0.5) is 4.39 Å². The highest BCUT2D eigenvalue weighted by Crippen LogP contribution is 2.18. The van der Waals surface area contributed by atoms with Crippen LogP contribution >= 0.6 is 0 Å². The van der Waals surface area contributed by atoms with Crippen LogP contribution in [-0.4, -0.2) is 53.8 Å². The van der Waals surface area contributed by atoms with Crippen molar-refractivity contribution in [2.45, 2.75) is 11.4 Å². The zero-order chi connectivity index (χ0) is 16.3. The molecule has 0 atom stereocenters. The molecule has 0 saturated heterocycles. The van der Waals surface area contributed by atoms with Gasteiger partial charge in [0.25, 0.3) is 0 Å². The van der Waals surface area contributed by atoms with Gasteiger partial charge in [-0.1, -0.05) is 0 Å². The fourth-order valence-electron chi connectivity index (χ4n) is 1.63. The second kappa shape index (κ2) is 6.82. The quantitative estimate of drug-likeness (QED) is 0.768. The second-order valence-electron chi connectivity index (χ2n) is 4.74. The molecule has 120 valence electrons. The average molecular weight is 338 g/mol. The smallest absolute Gasteiger partial charge is 0.242 e. The van der Waals surface area contributed by atoms with Gasteiger partial charge in [0.2, 0.25) is 10.0 Å². The number of hydrogen-bond donors (Lipinski definition) is 1. The van der Waals surface area contributed by atoms with Crippen molar-refractivity contribution in [3.8, 4) is 0 Å². The molecule has 0 saturated carbocycles. The van der Waals surface area contributed by atoms with Gasteiger partial charge in [0.05, 0.1) is 10.6 Å². The normalized spacial score (nSPS) is 12.8. The van der Waals surface area contributed by atoms with Crippen molar-refractivity contribution in [1.29, 1.82) is 0 Å². The van der Waals surface area contributed by atoms with E-state index in [9.17, 15) is 21.2 Å². The molecule has 0 fully saturated rings. The highest BCUT2D eigenvalue weighted by molar-refractivity contribution is 7.91. The van der Waals surface area contributed by atoms with E-state index in [1.165, 1.54) is 19.2 Å². The zero-order valence-electron chi connectivity index (χ0n) is 12.1. The molecule has 1 N–H and O–H groups in total. The van der Waals surface area contributed by atoms with Crippen LogP contribution in [-0.2, 0) is 26.4 Å². The monoisotopic (exact) mass is 338 g/mol. The lowest BCUT2D eigenvalue weighted by Crippen LogP contribution is -2.31. The van der Waals surface area contributed by atoms with E-state index in [-0.39, 0.29) is 29.3 Å². The zero-order valence-corrected chi connectivity index (χ0v) is 13.8. The molecule has 1 aromatic carbocycles. The Labute approximate surface area is 124 Å². The van der Waals surface area contributed by atoms with Crippen LogP contribution in [0.1, 0.15) is 5.56 Å². The fourth-order valence-corrected chi connectivity index (χ4v) is 3.58. The van der Waals surface area contributed by atoms with Crippen LogP contribution in [0.15, 0.2) is 23.1 Å². The van der Waals surface area contributed by atoms with Gasteiger partial charge in [0, 0.05) is 32.0 Å². The minimum atomic E-state index is -3.84. The number of nitrogens with zero attached hydrogens (tertiary/aromatic N) is 1. The summed E-state index contributed by atoms with van der Waals surface area (Å²) in [5.74, 6) is -0.769. The van der Waals surface area contributed by atoms with Gasteiger partial charge in [0.15, 0.2) is 0 Å². The molecule has 0 unspecified atom stereocenters. The lowest BCUT2D eigenvalue weighted by molar-refractivity contribution is 0.484. The van der Waals surface area contributed by atoms with E-state index in [0.717, 1.165) is 16.6 Å². The van der Waals surface area contributed by atoms with Crippen molar-refractivity contribution in [2.24, 2.45) is 0 Å². The molecule has 0 amide bonds. The number of rotatable bonds is 7. The summed E-state index contributed by atoms with van der Waals surface area (Å²) in [5, 5.41) is 2.75. The Bertz CT molecular complexity index is 702. The third kappa shape index (κ3) is 5.03. The summed E-state index contributed by atoms with van der Waals surface area (Å²) >= 11 is 0. The lowest BCUT2D eigenvalue weighted by Gasteiger charge is -2.17. The molecule has 0 heterocycles. The maximum Gasteiger partial charge on any atom is 0.242 e. The first-order valence-corrected chi connectivity index (χ1v) is 9.65. The molecule has 21 heavy (non-hydrogen) atoms. The van der Waals surface area contributed by atoms with Crippen molar-refractivity contribution >= 4 is 19.9 Å². The topological polar surface area (TPSA) is 83.6 Å². The molecule has 6 nitrogen and oxygen atoms in total. The molecule has 0 aromatic heterocycles. The summed E-state index contributed by atoms with van der Waals surface area (Å²) in [4.78, 5) is -0.0647. The molecule has 9 heteroatoms. The van der Waals surface area contributed by atoms with Crippen LogP contribution in [0.5, 0.6) is 0 Å². The van der Waals surface area contributed by atoms with Crippen molar-refractivity contribution < 1.29 is 21.2 Å². The van der Waals surface area contributed by atoms with E-state index in [2.05, 4.69) is 5.32 Å². The summed E-state index contributed by atoms with van der Waals surface area (Å²) in [6.45, 7) is 0.0438. The van der Waals surface area contributed by atoms with Crippen LogP contribution in [0, 0.1) is 5.82 Å². The molecule has 0 aliphatic rings. The van der Waals surface area contributed by atoms with Gasteiger partial charge < -0.3 is 5.32 Å². The average Bonchev–Trinajstić information content (AvgIpc) is 2.37. The van der Waals surface area contributed by atoms with Gasteiger partial charge in [0.1, 0.15) is 15.7 Å². The molecule has 0 bridgehead atoms. The van der Waals surface area contributed by atoms with E-state index >= 15 is 0 Å². The third-order valence-electron chi connectivity index (χ3n) is 2.87. The minimum absolute atomic E-state index is 0.0647. The van der Waals surface area contributed by atoms with Gasteiger partial charge in [-0.05, 0) is 25.2 Å². The van der Waals surface area contributed by atoms with Gasteiger partial charge in [-0.15, -0.1) is 0 Å². The first-order valence-electron chi connectivity index (χ1n) is 6.15. The van der Waals surface area contributed by atoms with E-state index in [4.69, 9.17) is 0 Å². The standard InChI is InChI=1S/C12H19FN2O4S2/c1-14-9-10-8-11(4-5-12(10)13)21(18,19)15(2)6-7-20(3,16)17/h4-5,8,14H,6-7,9H2,1-3H3. The van der Waals surface area contributed by atoms with Crippen molar-refractivity contribution in [2.75, 3.05) is 32.6 Å². The second-order valence-corrected chi connectivity index (χ2v) is 9.04. The number of sulfone groups is 1. The number of sulfonamides is 1. The largest absolute Gasteiger partial charge is 0.316 e. The van der Waals surface area contributed by atoms with E-state index < -0.39 is 25.7 Å². The third-order valence-corrected chi connectivity index (χ3v) is 5.65. The van der Waals surface area contributed by atoms with Gasteiger partial charge in [-0.2, -0.15) is 4.31 Å². The highest BCUT2D eigenvalue weighted by Gasteiger charge is 2.22. The number of nitrogens with one attached hydrogen (secondary N) is 1. The first-order chi connectivity index (χ1) is 9.58. The Morgan fingerprint density at radius 3 is 2.38 bits per heavy atom.